The van der Waals surface area contributed by atoms with Crippen molar-refractivity contribution in [3.8, 4) is 0 Å². The number of alkyl halides is 1. The number of hydrogen-bond acceptors (Lipinski definition) is 0. The quantitative estimate of drug-likeness (QED) is 0.680. The number of benzene rings is 1. The highest BCUT2D eigenvalue weighted by atomic mass is 35.5. The Morgan fingerprint density at radius 3 is 2.88 bits per heavy atom. The van der Waals surface area contributed by atoms with Gasteiger partial charge in [-0.3, -0.25) is 0 Å². The van der Waals surface area contributed by atoms with Gasteiger partial charge in [0.05, 0.1) is 0 Å². The van der Waals surface area contributed by atoms with Crippen molar-refractivity contribution in [2.24, 2.45) is 11.8 Å². The van der Waals surface area contributed by atoms with Crippen LogP contribution < -0.4 is 0 Å². The molecular formula is C15H20ClF. The topological polar surface area (TPSA) is 0 Å². The van der Waals surface area contributed by atoms with Crippen molar-refractivity contribution in [3.05, 3.63) is 35.6 Å². The van der Waals surface area contributed by atoms with E-state index in [9.17, 15) is 4.39 Å². The summed E-state index contributed by atoms with van der Waals surface area (Å²) in [4.78, 5) is 0. The summed E-state index contributed by atoms with van der Waals surface area (Å²) in [6.45, 7) is 2.25. The molecule has 0 bridgehead atoms. The lowest BCUT2D eigenvalue weighted by Crippen LogP contribution is -2.26. The lowest BCUT2D eigenvalue weighted by molar-refractivity contribution is 0.264. The van der Waals surface area contributed by atoms with Crippen LogP contribution in [0.2, 0.25) is 0 Å². The van der Waals surface area contributed by atoms with E-state index >= 15 is 0 Å². The van der Waals surface area contributed by atoms with Gasteiger partial charge in [0.1, 0.15) is 5.82 Å². The van der Waals surface area contributed by atoms with Crippen molar-refractivity contribution >= 4 is 11.6 Å². The van der Waals surface area contributed by atoms with Crippen LogP contribution >= 0.6 is 11.6 Å². The molecule has 3 unspecified atom stereocenters. The normalized spacial score (nSPS) is 29.2. The Morgan fingerprint density at radius 1 is 1.35 bits per heavy atom. The average molecular weight is 255 g/mol. The van der Waals surface area contributed by atoms with E-state index in [1.807, 2.05) is 6.07 Å². The van der Waals surface area contributed by atoms with Gasteiger partial charge >= 0.3 is 0 Å². The van der Waals surface area contributed by atoms with Crippen LogP contribution in [-0.4, -0.2) is 5.38 Å². The van der Waals surface area contributed by atoms with Crippen molar-refractivity contribution in [1.29, 1.82) is 0 Å². The fourth-order valence-electron chi connectivity index (χ4n) is 2.87. The molecule has 2 rings (SSSR count). The Balaban J connectivity index is 2.01. The van der Waals surface area contributed by atoms with Gasteiger partial charge in [0.2, 0.25) is 0 Å². The fraction of sp³-hybridized carbons (Fsp3) is 0.600. The van der Waals surface area contributed by atoms with E-state index in [0.29, 0.717) is 5.92 Å². The molecular weight excluding hydrogens is 235 g/mol. The van der Waals surface area contributed by atoms with Gasteiger partial charge in [-0.05, 0) is 55.2 Å². The Bertz CT molecular complexity index is 364. The van der Waals surface area contributed by atoms with Crippen LogP contribution in [0.3, 0.4) is 0 Å². The molecule has 0 heterocycles. The lowest BCUT2D eigenvalue weighted by Gasteiger charge is -2.32. The molecule has 1 aliphatic carbocycles. The molecule has 17 heavy (non-hydrogen) atoms. The predicted molar refractivity (Wildman–Crippen MR) is 70.9 cm³/mol. The van der Waals surface area contributed by atoms with E-state index in [4.69, 9.17) is 11.6 Å². The maximum absolute atomic E-state index is 13.1. The van der Waals surface area contributed by atoms with E-state index in [0.717, 1.165) is 24.3 Å². The largest absolute Gasteiger partial charge is 0.207 e. The summed E-state index contributed by atoms with van der Waals surface area (Å²) in [5.74, 6) is 1.18. The number of halogens is 2. The third-order valence-corrected chi connectivity index (χ3v) is 4.54. The third-order valence-electron chi connectivity index (χ3n) is 3.96. The molecule has 2 heteroatoms. The second-order valence-corrected chi connectivity index (χ2v) is 5.76. The maximum Gasteiger partial charge on any atom is 0.123 e. The van der Waals surface area contributed by atoms with Crippen molar-refractivity contribution < 1.29 is 4.39 Å². The van der Waals surface area contributed by atoms with E-state index in [1.54, 1.807) is 12.1 Å². The minimum absolute atomic E-state index is 0.142. The van der Waals surface area contributed by atoms with Gasteiger partial charge < -0.3 is 0 Å². The molecule has 1 aromatic rings. The van der Waals surface area contributed by atoms with E-state index in [1.165, 1.54) is 25.3 Å². The third kappa shape index (κ3) is 3.45. The average Bonchev–Trinajstić information content (AvgIpc) is 2.32. The first-order valence-electron chi connectivity index (χ1n) is 6.57. The van der Waals surface area contributed by atoms with Crippen LogP contribution in [0.1, 0.15) is 38.2 Å². The summed E-state index contributed by atoms with van der Waals surface area (Å²) in [5, 5.41) is 0.265. The monoisotopic (exact) mass is 254 g/mol. The van der Waals surface area contributed by atoms with E-state index in [2.05, 4.69) is 6.92 Å². The second-order valence-electron chi connectivity index (χ2n) is 5.20. The van der Waals surface area contributed by atoms with E-state index in [-0.39, 0.29) is 11.2 Å². The van der Waals surface area contributed by atoms with Crippen molar-refractivity contribution in [2.45, 2.75) is 44.4 Å². The molecule has 0 saturated heterocycles. The van der Waals surface area contributed by atoms with Crippen LogP contribution in [0.4, 0.5) is 4.39 Å². The van der Waals surface area contributed by atoms with Gasteiger partial charge in [-0.1, -0.05) is 25.5 Å². The zero-order chi connectivity index (χ0) is 12.3. The van der Waals surface area contributed by atoms with Gasteiger partial charge in [0.15, 0.2) is 0 Å². The Hall–Kier alpha value is -0.560. The van der Waals surface area contributed by atoms with Crippen molar-refractivity contribution in [2.75, 3.05) is 0 Å². The number of hydrogen-bond donors (Lipinski definition) is 0. The Labute approximate surface area is 108 Å². The lowest BCUT2D eigenvalue weighted by atomic mass is 9.77. The van der Waals surface area contributed by atoms with Crippen molar-refractivity contribution in [3.63, 3.8) is 0 Å². The first-order valence-corrected chi connectivity index (χ1v) is 7.01. The van der Waals surface area contributed by atoms with Crippen molar-refractivity contribution in [1.82, 2.24) is 0 Å². The predicted octanol–water partition coefficient (Wildman–Crippen LogP) is 4.80. The molecule has 0 amide bonds. The minimum atomic E-state index is -0.142. The molecule has 1 saturated carbocycles. The van der Waals surface area contributed by atoms with Crippen LogP contribution in [0.15, 0.2) is 24.3 Å². The standard InChI is InChI=1S/C15H20ClF/c1-2-11-6-7-15(16)13(8-11)9-12-4-3-5-14(17)10-12/h3-5,10-11,13,15H,2,6-9H2,1H3. The number of rotatable bonds is 3. The summed E-state index contributed by atoms with van der Waals surface area (Å²) in [5.41, 5.74) is 1.08. The summed E-state index contributed by atoms with van der Waals surface area (Å²) in [7, 11) is 0. The zero-order valence-electron chi connectivity index (χ0n) is 10.3. The molecule has 0 aliphatic heterocycles. The SMILES string of the molecule is CCC1CCC(Cl)C(Cc2cccc(F)c2)C1. The van der Waals surface area contributed by atoms with Crippen LogP contribution in [0, 0.1) is 17.7 Å². The molecule has 0 nitrogen and oxygen atoms in total. The molecule has 3 atom stereocenters. The highest BCUT2D eigenvalue weighted by molar-refractivity contribution is 6.20. The van der Waals surface area contributed by atoms with Gasteiger partial charge in [-0.25, -0.2) is 4.39 Å². The minimum Gasteiger partial charge on any atom is -0.207 e. The highest BCUT2D eigenvalue weighted by Crippen LogP contribution is 2.36. The van der Waals surface area contributed by atoms with E-state index < -0.39 is 0 Å². The van der Waals surface area contributed by atoms with Crippen LogP contribution in [0.5, 0.6) is 0 Å². The van der Waals surface area contributed by atoms with Gasteiger partial charge in [-0.2, -0.15) is 0 Å². The molecule has 94 valence electrons. The highest BCUT2D eigenvalue weighted by Gasteiger charge is 2.28. The van der Waals surface area contributed by atoms with Gasteiger partial charge in [0, 0.05) is 5.38 Å². The Kier molecular flexibility index (Phi) is 4.44. The van der Waals surface area contributed by atoms with Crippen LogP contribution in [0.25, 0.3) is 0 Å². The summed E-state index contributed by atoms with van der Waals surface area (Å²) >= 11 is 6.40. The molecule has 0 radical (unpaired) electrons. The molecule has 1 aliphatic rings. The first-order chi connectivity index (χ1) is 8.19. The zero-order valence-corrected chi connectivity index (χ0v) is 11.1. The van der Waals surface area contributed by atoms with Gasteiger partial charge in [0.25, 0.3) is 0 Å². The second kappa shape index (κ2) is 5.86. The van der Waals surface area contributed by atoms with Crippen LogP contribution in [-0.2, 0) is 6.42 Å². The fourth-order valence-corrected chi connectivity index (χ4v) is 3.19. The summed E-state index contributed by atoms with van der Waals surface area (Å²) in [6, 6.07) is 6.92. The van der Waals surface area contributed by atoms with Gasteiger partial charge in [-0.15, -0.1) is 11.6 Å². The molecule has 0 spiro atoms. The Morgan fingerprint density at radius 2 is 2.18 bits per heavy atom. The molecule has 0 aromatic heterocycles. The maximum atomic E-state index is 13.1. The summed E-state index contributed by atoms with van der Waals surface area (Å²) < 4.78 is 13.1. The molecule has 0 N–H and O–H groups in total. The summed E-state index contributed by atoms with van der Waals surface area (Å²) in [6.07, 6.45) is 5.72. The molecule has 1 aromatic carbocycles. The first kappa shape index (κ1) is 12.9. The smallest absolute Gasteiger partial charge is 0.123 e. The molecule has 1 fully saturated rings.